The Morgan fingerprint density at radius 3 is 2.26 bits per heavy atom. The van der Waals surface area contributed by atoms with Gasteiger partial charge in [-0.1, -0.05) is 42.5 Å². The Hall–Kier alpha value is -3.03. The average Bonchev–Trinajstić information content (AvgIpc) is 3.09. The van der Waals surface area contributed by atoms with E-state index in [1.807, 2.05) is 36.4 Å². The molecule has 0 radical (unpaired) electrons. The monoisotopic (exact) mass is 378 g/mol. The van der Waals surface area contributed by atoms with Crippen LogP contribution < -0.4 is 5.32 Å². The van der Waals surface area contributed by atoms with Crippen LogP contribution in [0.2, 0.25) is 0 Å². The van der Waals surface area contributed by atoms with Crippen molar-refractivity contribution in [2.75, 3.05) is 18.4 Å². The molecule has 1 heterocycles. The van der Waals surface area contributed by atoms with Gasteiger partial charge >= 0.3 is 18.2 Å². The summed E-state index contributed by atoms with van der Waals surface area (Å²) in [6.45, 7) is -1.16. The number of amides is 2. The third kappa shape index (κ3) is 4.21. The summed E-state index contributed by atoms with van der Waals surface area (Å²) in [5.41, 5.74) is 2.19. The summed E-state index contributed by atoms with van der Waals surface area (Å²) in [5, 5.41) is 11.6. The Morgan fingerprint density at radius 2 is 1.67 bits per heavy atom. The van der Waals surface area contributed by atoms with Crippen molar-refractivity contribution in [2.24, 2.45) is 11.8 Å². The minimum atomic E-state index is -4.68. The van der Waals surface area contributed by atoms with Gasteiger partial charge in [-0.2, -0.15) is 13.2 Å². The number of nitrogens with one attached hydrogen (secondary N) is 1. The quantitative estimate of drug-likeness (QED) is 0.846. The first kappa shape index (κ1) is 18.8. The van der Waals surface area contributed by atoms with Crippen molar-refractivity contribution in [2.45, 2.75) is 6.18 Å². The minimum absolute atomic E-state index is 0.420. The first-order valence-electron chi connectivity index (χ1n) is 8.26. The smallest absolute Gasteiger partial charge is 0.394 e. The number of hydrogen-bond donors (Lipinski definition) is 2. The van der Waals surface area contributed by atoms with Gasteiger partial charge in [-0.05, 0) is 23.3 Å². The number of nitrogens with zero attached hydrogens (tertiary/aromatic N) is 1. The molecule has 27 heavy (non-hydrogen) atoms. The summed E-state index contributed by atoms with van der Waals surface area (Å²) in [4.78, 5) is 24.4. The van der Waals surface area contributed by atoms with Crippen molar-refractivity contribution < 1.29 is 27.9 Å². The highest BCUT2D eigenvalue weighted by Crippen LogP contribution is 2.38. The van der Waals surface area contributed by atoms with Gasteiger partial charge < -0.3 is 15.3 Å². The molecule has 2 aromatic rings. The van der Waals surface area contributed by atoms with E-state index in [0.29, 0.717) is 5.69 Å². The van der Waals surface area contributed by atoms with E-state index in [2.05, 4.69) is 5.32 Å². The van der Waals surface area contributed by atoms with E-state index >= 15 is 0 Å². The van der Waals surface area contributed by atoms with Crippen LogP contribution in [0, 0.1) is 11.8 Å². The van der Waals surface area contributed by atoms with Crippen molar-refractivity contribution in [3.8, 4) is 11.1 Å². The molecule has 8 heteroatoms. The van der Waals surface area contributed by atoms with E-state index in [-0.39, 0.29) is 0 Å². The van der Waals surface area contributed by atoms with Crippen LogP contribution in [0.15, 0.2) is 54.6 Å². The normalized spacial score (nSPS) is 19.7. The lowest BCUT2D eigenvalue weighted by molar-refractivity contribution is -0.187. The number of rotatable bonds is 3. The first-order chi connectivity index (χ1) is 12.8. The van der Waals surface area contributed by atoms with Gasteiger partial charge in [0.15, 0.2) is 0 Å². The van der Waals surface area contributed by atoms with Crippen LogP contribution in [0.3, 0.4) is 0 Å². The van der Waals surface area contributed by atoms with Gasteiger partial charge in [-0.25, -0.2) is 4.79 Å². The number of benzene rings is 2. The van der Waals surface area contributed by atoms with E-state index in [1.54, 1.807) is 18.2 Å². The molecule has 0 spiro atoms. The lowest BCUT2D eigenvalue weighted by Crippen LogP contribution is -2.35. The number of aliphatic carboxylic acids is 1. The molecule has 1 aliphatic rings. The van der Waals surface area contributed by atoms with E-state index in [1.165, 1.54) is 0 Å². The third-order valence-electron chi connectivity index (χ3n) is 4.57. The maximum Gasteiger partial charge on any atom is 0.394 e. The summed E-state index contributed by atoms with van der Waals surface area (Å²) in [6.07, 6.45) is -4.68. The predicted octanol–water partition coefficient (Wildman–Crippen LogP) is 4.08. The second-order valence-electron chi connectivity index (χ2n) is 6.37. The zero-order valence-corrected chi connectivity index (χ0v) is 14.1. The molecule has 2 N–H and O–H groups in total. The lowest BCUT2D eigenvalue weighted by Gasteiger charge is -2.19. The summed E-state index contributed by atoms with van der Waals surface area (Å²) in [5.74, 6) is -5.29. The molecule has 1 saturated heterocycles. The van der Waals surface area contributed by atoms with Crippen LogP contribution in [0.25, 0.3) is 11.1 Å². The molecule has 0 saturated carbocycles. The van der Waals surface area contributed by atoms with Crippen LogP contribution in [0.1, 0.15) is 0 Å². The molecule has 1 aliphatic heterocycles. The van der Waals surface area contributed by atoms with Gasteiger partial charge in [0, 0.05) is 18.8 Å². The molecule has 0 aromatic heterocycles. The molecule has 0 bridgehead atoms. The second kappa shape index (κ2) is 7.30. The number of alkyl halides is 3. The lowest BCUT2D eigenvalue weighted by atomic mass is 9.96. The summed E-state index contributed by atoms with van der Waals surface area (Å²) in [6, 6.07) is 15.6. The Kier molecular flexibility index (Phi) is 5.07. The van der Waals surface area contributed by atoms with Crippen molar-refractivity contribution >= 4 is 17.7 Å². The van der Waals surface area contributed by atoms with Crippen molar-refractivity contribution in [1.82, 2.24) is 4.90 Å². The standard InChI is InChI=1S/C19H17F3N2O3/c20-19(21,22)16-11-24(10-15(16)17(25)26)18(27)23-14-8-4-7-13(9-14)12-5-2-1-3-6-12/h1-9,15-16H,10-11H2,(H,23,27)(H,25,26)/t15-,16-/m1/s1. The largest absolute Gasteiger partial charge is 0.481 e. The Labute approximate surface area is 153 Å². The first-order valence-corrected chi connectivity index (χ1v) is 8.26. The molecule has 1 fully saturated rings. The molecule has 0 unspecified atom stereocenters. The average molecular weight is 378 g/mol. The number of urea groups is 1. The number of likely N-dealkylation sites (tertiary alicyclic amines) is 1. The molecule has 2 amide bonds. The number of hydrogen-bond acceptors (Lipinski definition) is 2. The maximum absolute atomic E-state index is 13.1. The third-order valence-corrected chi connectivity index (χ3v) is 4.57. The number of anilines is 1. The SMILES string of the molecule is O=C(O)[C@@H]1CN(C(=O)Nc2cccc(-c3ccccc3)c2)C[C@H]1C(F)(F)F. The zero-order valence-electron chi connectivity index (χ0n) is 14.1. The van der Waals surface area contributed by atoms with Crippen LogP contribution in [-0.2, 0) is 4.79 Å². The Bertz CT molecular complexity index is 840. The molecule has 2 aromatic carbocycles. The van der Waals surface area contributed by atoms with E-state index in [0.717, 1.165) is 16.0 Å². The summed E-state index contributed by atoms with van der Waals surface area (Å²) < 4.78 is 39.2. The molecule has 5 nitrogen and oxygen atoms in total. The van der Waals surface area contributed by atoms with Gasteiger partial charge in [-0.3, -0.25) is 4.79 Å². The van der Waals surface area contributed by atoms with Gasteiger partial charge in [-0.15, -0.1) is 0 Å². The fraction of sp³-hybridized carbons (Fsp3) is 0.263. The second-order valence-corrected chi connectivity index (χ2v) is 6.37. The fourth-order valence-electron chi connectivity index (χ4n) is 3.16. The molecular weight excluding hydrogens is 361 g/mol. The predicted molar refractivity (Wildman–Crippen MR) is 93.1 cm³/mol. The Balaban J connectivity index is 1.74. The minimum Gasteiger partial charge on any atom is -0.481 e. The fourth-order valence-corrected chi connectivity index (χ4v) is 3.16. The van der Waals surface area contributed by atoms with Gasteiger partial charge in [0.05, 0.1) is 11.8 Å². The topological polar surface area (TPSA) is 69.6 Å². The van der Waals surface area contributed by atoms with Gasteiger partial charge in [0.1, 0.15) is 0 Å². The summed E-state index contributed by atoms with van der Waals surface area (Å²) >= 11 is 0. The van der Waals surface area contributed by atoms with Crippen molar-refractivity contribution in [3.05, 3.63) is 54.6 Å². The number of carboxylic acids is 1. The van der Waals surface area contributed by atoms with Crippen molar-refractivity contribution in [1.29, 1.82) is 0 Å². The zero-order chi connectivity index (χ0) is 19.6. The van der Waals surface area contributed by atoms with Crippen LogP contribution in [-0.4, -0.2) is 41.3 Å². The van der Waals surface area contributed by atoms with E-state index in [9.17, 15) is 22.8 Å². The van der Waals surface area contributed by atoms with Crippen LogP contribution in [0.4, 0.5) is 23.7 Å². The highest BCUT2D eigenvalue weighted by Gasteiger charge is 2.53. The van der Waals surface area contributed by atoms with E-state index < -0.39 is 43.1 Å². The van der Waals surface area contributed by atoms with Gasteiger partial charge in [0.25, 0.3) is 0 Å². The number of carbonyl (C=O) groups excluding carboxylic acids is 1. The van der Waals surface area contributed by atoms with E-state index in [4.69, 9.17) is 5.11 Å². The molecular formula is C19H17F3N2O3. The highest BCUT2D eigenvalue weighted by atomic mass is 19.4. The van der Waals surface area contributed by atoms with Gasteiger partial charge in [0.2, 0.25) is 0 Å². The summed E-state index contributed by atoms with van der Waals surface area (Å²) in [7, 11) is 0. The molecule has 3 rings (SSSR count). The van der Waals surface area contributed by atoms with Crippen LogP contribution in [0.5, 0.6) is 0 Å². The molecule has 2 atom stereocenters. The Morgan fingerprint density at radius 1 is 1.00 bits per heavy atom. The van der Waals surface area contributed by atoms with Crippen molar-refractivity contribution in [3.63, 3.8) is 0 Å². The van der Waals surface area contributed by atoms with Crippen LogP contribution >= 0.6 is 0 Å². The maximum atomic E-state index is 13.1. The highest BCUT2D eigenvalue weighted by molar-refractivity contribution is 5.91. The molecule has 0 aliphatic carbocycles. The molecule has 142 valence electrons. The number of halogens is 3. The number of carbonyl (C=O) groups is 2. The number of carboxylic acid groups (broad SMARTS) is 1.